The van der Waals surface area contributed by atoms with Crippen LogP contribution in [0, 0.1) is 0 Å². The van der Waals surface area contributed by atoms with Gasteiger partial charge in [-0.1, -0.05) is 11.6 Å². The van der Waals surface area contributed by atoms with Crippen LogP contribution in [0.15, 0.2) is 42.7 Å². The molecule has 0 bridgehead atoms. The topological polar surface area (TPSA) is 152 Å². The quantitative estimate of drug-likeness (QED) is 0.176. The van der Waals surface area contributed by atoms with Crippen LogP contribution in [0.25, 0.3) is 11.2 Å². The van der Waals surface area contributed by atoms with Gasteiger partial charge in [-0.05, 0) is 49.1 Å². The van der Waals surface area contributed by atoms with Crippen molar-refractivity contribution in [3.05, 3.63) is 59.0 Å². The molecule has 3 heterocycles. The molecule has 1 saturated heterocycles. The lowest BCUT2D eigenvalue weighted by molar-refractivity contribution is -0.00864. The molecule has 6 rings (SSSR count). The normalized spacial score (nSPS) is 14.6. The number of morpholine rings is 1. The molecule has 4 aromatic rings. The fourth-order valence-corrected chi connectivity index (χ4v) is 5.70. The van der Waals surface area contributed by atoms with E-state index in [1.807, 2.05) is 36.2 Å². The molecule has 4 N–H and O–H groups in total. The summed E-state index contributed by atoms with van der Waals surface area (Å²) in [7, 11) is 6.76. The monoisotopic (exact) mass is 667 g/mol. The van der Waals surface area contributed by atoms with Crippen molar-refractivity contribution in [1.29, 1.82) is 0 Å². The van der Waals surface area contributed by atoms with Crippen LogP contribution in [0.2, 0.25) is 5.15 Å². The number of fused-ring (bicyclic) bond motifs is 1. The van der Waals surface area contributed by atoms with E-state index in [9.17, 15) is 4.79 Å². The van der Waals surface area contributed by atoms with Gasteiger partial charge in [0.2, 0.25) is 0 Å². The van der Waals surface area contributed by atoms with Crippen LogP contribution in [-0.2, 0) is 22.6 Å². The molecule has 13 nitrogen and oxygen atoms in total. The molecular formula is C33H42ClN7O6. The van der Waals surface area contributed by atoms with Crippen LogP contribution < -0.4 is 35.5 Å². The van der Waals surface area contributed by atoms with Gasteiger partial charge in [-0.3, -0.25) is 0 Å². The molecule has 0 radical (unpaired) electrons. The number of anilines is 3. The van der Waals surface area contributed by atoms with Crippen LogP contribution in [0.5, 0.6) is 17.2 Å². The zero-order valence-corrected chi connectivity index (χ0v) is 28.0. The fraction of sp³-hybridized carbons (Fsp3) is 0.424. The summed E-state index contributed by atoms with van der Waals surface area (Å²) in [6.45, 7) is 4.35. The lowest BCUT2D eigenvalue weighted by atomic mass is 9.96. The number of imidazole rings is 1. The number of hydrogen-bond donors (Lipinski definition) is 2. The maximum absolute atomic E-state index is 11.5. The number of methoxy groups -OCH3 is 3. The van der Waals surface area contributed by atoms with Crippen LogP contribution in [0.1, 0.15) is 30.4 Å². The van der Waals surface area contributed by atoms with E-state index in [2.05, 4.69) is 20.9 Å². The number of rotatable bonds is 10. The highest BCUT2D eigenvalue weighted by atomic mass is 35.5. The Morgan fingerprint density at radius 1 is 1.09 bits per heavy atom. The number of carbonyl (C=O) groups is 1. The summed E-state index contributed by atoms with van der Waals surface area (Å²) in [6.07, 6.45) is 5.42. The maximum atomic E-state index is 11.5. The Morgan fingerprint density at radius 3 is 2.49 bits per heavy atom. The Balaban J connectivity index is 0.000000189. The van der Waals surface area contributed by atoms with Gasteiger partial charge >= 0.3 is 6.03 Å². The van der Waals surface area contributed by atoms with Crippen LogP contribution in [0.4, 0.5) is 21.9 Å². The van der Waals surface area contributed by atoms with Crippen LogP contribution >= 0.6 is 11.6 Å². The third kappa shape index (κ3) is 7.92. The van der Waals surface area contributed by atoms with Crippen LogP contribution in [0.3, 0.4) is 0 Å². The smallest absolute Gasteiger partial charge is 0.325 e. The molecule has 2 aromatic carbocycles. The third-order valence-corrected chi connectivity index (χ3v) is 8.45. The first-order chi connectivity index (χ1) is 22.7. The molecule has 252 valence electrons. The van der Waals surface area contributed by atoms with E-state index >= 15 is 0 Å². The first kappa shape index (κ1) is 33.9. The highest BCUT2D eigenvalue weighted by Gasteiger charge is 2.21. The van der Waals surface area contributed by atoms with E-state index in [0.29, 0.717) is 47.6 Å². The van der Waals surface area contributed by atoms with Crippen LogP contribution in [-0.4, -0.2) is 81.4 Å². The average Bonchev–Trinajstić information content (AvgIpc) is 3.48. The number of nitrogens with zero attached hydrogens (tertiary/aromatic N) is 5. The van der Waals surface area contributed by atoms with Crippen molar-refractivity contribution in [2.75, 3.05) is 70.2 Å². The number of primary amides is 1. The minimum absolute atomic E-state index is 0.240. The standard InChI is InChI=1S/C17H18ClN5O3.C16H24N2O3/c1-22(8-10-4-5-11(25-2)6-13(10)26-3)12-7-14(18)21-16-15(12)20-9-23(16)17(19)24;1-19-16-14(17)9-12(11-21-13-3-2-4-13)10-15(16)18-5-7-20-8-6-18/h4-7,9H,8H2,1-3H3,(H2,19,24);9-10,13H,2-8,11,17H2,1H3. The molecule has 14 heteroatoms. The van der Waals surface area contributed by atoms with E-state index in [4.69, 9.17) is 46.8 Å². The van der Waals surface area contributed by atoms with E-state index in [1.54, 1.807) is 27.4 Å². The Hall–Kier alpha value is -4.46. The second-order valence-corrected chi connectivity index (χ2v) is 11.7. The molecular weight excluding hydrogens is 626 g/mol. The third-order valence-electron chi connectivity index (χ3n) is 8.26. The molecule has 2 aliphatic rings. The predicted octanol–water partition coefficient (Wildman–Crippen LogP) is 4.85. The van der Waals surface area contributed by atoms with Gasteiger partial charge in [0, 0.05) is 44.4 Å². The van der Waals surface area contributed by atoms with Gasteiger partial charge in [0.15, 0.2) is 11.4 Å². The van der Waals surface area contributed by atoms with Crippen molar-refractivity contribution in [3.63, 3.8) is 0 Å². The number of pyridine rings is 1. The molecule has 2 aromatic heterocycles. The summed E-state index contributed by atoms with van der Waals surface area (Å²) in [5.41, 5.74) is 16.9. The Morgan fingerprint density at radius 2 is 1.85 bits per heavy atom. The van der Waals surface area contributed by atoms with Crippen molar-refractivity contribution < 1.29 is 28.5 Å². The molecule has 1 aliphatic carbocycles. The fourth-order valence-electron chi connectivity index (χ4n) is 5.51. The van der Waals surface area contributed by atoms with Gasteiger partial charge in [-0.15, -0.1) is 0 Å². The summed E-state index contributed by atoms with van der Waals surface area (Å²) in [5.74, 6) is 2.17. The number of halogens is 1. The number of aromatic nitrogens is 3. The Bertz CT molecular complexity index is 1690. The number of nitrogens with two attached hydrogens (primary N) is 2. The summed E-state index contributed by atoms with van der Waals surface area (Å²) in [4.78, 5) is 24.2. The Labute approximate surface area is 279 Å². The maximum Gasteiger partial charge on any atom is 0.325 e. The van der Waals surface area contributed by atoms with E-state index in [1.165, 1.54) is 25.6 Å². The summed E-state index contributed by atoms with van der Waals surface area (Å²) >= 11 is 6.13. The summed E-state index contributed by atoms with van der Waals surface area (Å²) in [6, 6.07) is 10.7. The summed E-state index contributed by atoms with van der Waals surface area (Å²) < 4.78 is 28.6. The van der Waals surface area contributed by atoms with E-state index in [0.717, 1.165) is 59.1 Å². The molecule has 2 fully saturated rings. The zero-order chi connectivity index (χ0) is 33.5. The molecule has 0 unspecified atom stereocenters. The second-order valence-electron chi connectivity index (χ2n) is 11.3. The minimum Gasteiger partial charge on any atom is -0.497 e. The number of nitrogen functional groups attached to an aromatic ring is 1. The van der Waals surface area contributed by atoms with E-state index in [-0.39, 0.29) is 5.15 Å². The van der Waals surface area contributed by atoms with Crippen molar-refractivity contribution in [2.24, 2.45) is 5.73 Å². The Kier molecular flexibility index (Phi) is 11.1. The number of benzene rings is 2. The van der Waals surface area contributed by atoms with Crippen molar-refractivity contribution in [2.45, 2.75) is 38.5 Å². The summed E-state index contributed by atoms with van der Waals surface area (Å²) in [5, 5.41) is 0.240. The molecule has 1 saturated carbocycles. The van der Waals surface area contributed by atoms with Gasteiger partial charge in [-0.25, -0.2) is 19.3 Å². The van der Waals surface area contributed by atoms with Crippen molar-refractivity contribution >= 4 is 45.9 Å². The first-order valence-electron chi connectivity index (χ1n) is 15.4. The molecule has 0 spiro atoms. The minimum atomic E-state index is -0.673. The average molecular weight is 668 g/mol. The zero-order valence-electron chi connectivity index (χ0n) is 27.2. The van der Waals surface area contributed by atoms with Gasteiger partial charge < -0.3 is 45.0 Å². The van der Waals surface area contributed by atoms with Gasteiger partial charge in [0.25, 0.3) is 0 Å². The number of hydrogen-bond acceptors (Lipinski definition) is 11. The molecule has 47 heavy (non-hydrogen) atoms. The largest absolute Gasteiger partial charge is 0.497 e. The lowest BCUT2D eigenvalue weighted by Crippen LogP contribution is -2.36. The molecule has 0 atom stereocenters. The molecule has 1 aliphatic heterocycles. The first-order valence-corrected chi connectivity index (χ1v) is 15.8. The predicted molar refractivity (Wildman–Crippen MR) is 182 cm³/mol. The number of ether oxygens (including phenoxy) is 5. The number of carbonyl (C=O) groups excluding carboxylic acids is 1. The highest BCUT2D eigenvalue weighted by molar-refractivity contribution is 6.30. The lowest BCUT2D eigenvalue weighted by Gasteiger charge is -2.31. The van der Waals surface area contributed by atoms with Gasteiger partial charge in [0.05, 0.1) is 64.3 Å². The van der Waals surface area contributed by atoms with Crippen molar-refractivity contribution in [1.82, 2.24) is 14.5 Å². The van der Waals surface area contributed by atoms with Gasteiger partial charge in [0.1, 0.15) is 28.5 Å². The number of amides is 1. The molecule has 1 amide bonds. The van der Waals surface area contributed by atoms with E-state index < -0.39 is 6.03 Å². The van der Waals surface area contributed by atoms with Crippen molar-refractivity contribution in [3.8, 4) is 17.2 Å². The SMILES string of the molecule is COc1c(N)cc(COC2CCC2)cc1N1CCOCC1.COc1ccc(CN(C)c2cc(Cl)nc3c2ncn3C(N)=O)c(OC)c1. The highest BCUT2D eigenvalue weighted by Crippen LogP contribution is 2.37. The van der Waals surface area contributed by atoms with Gasteiger partial charge in [-0.2, -0.15) is 0 Å². The second kappa shape index (κ2) is 15.4.